The van der Waals surface area contributed by atoms with E-state index in [2.05, 4.69) is 11.0 Å². The van der Waals surface area contributed by atoms with Crippen LogP contribution in [-0.4, -0.2) is 22.4 Å². The summed E-state index contributed by atoms with van der Waals surface area (Å²) in [5.74, 6) is 0. The van der Waals surface area contributed by atoms with Crippen molar-refractivity contribution in [2.24, 2.45) is 0 Å². The molecular formula is C14H22O3. The van der Waals surface area contributed by atoms with Crippen LogP contribution in [0.4, 0.5) is 0 Å². The molecule has 3 heteroatoms. The van der Waals surface area contributed by atoms with Crippen LogP contribution in [-0.2, 0) is 4.74 Å². The summed E-state index contributed by atoms with van der Waals surface area (Å²) < 4.78 is 10.3. The fourth-order valence-electron chi connectivity index (χ4n) is 1.73. The Bertz CT molecular complexity index is 307. The number of furan rings is 1. The summed E-state index contributed by atoms with van der Waals surface area (Å²) in [5, 5.41) is 9.69. The maximum atomic E-state index is 9.69. The van der Waals surface area contributed by atoms with Gasteiger partial charge < -0.3 is 14.3 Å². The van der Waals surface area contributed by atoms with Gasteiger partial charge in [-0.15, -0.1) is 6.58 Å². The van der Waals surface area contributed by atoms with Crippen molar-refractivity contribution in [1.82, 2.24) is 0 Å². The summed E-state index contributed by atoms with van der Waals surface area (Å²) >= 11 is 0. The van der Waals surface area contributed by atoms with Gasteiger partial charge in [-0.2, -0.15) is 0 Å². The lowest BCUT2D eigenvalue weighted by Crippen LogP contribution is -2.37. The number of hydrogen-bond donors (Lipinski definition) is 1. The van der Waals surface area contributed by atoms with Crippen molar-refractivity contribution in [3.63, 3.8) is 0 Å². The molecule has 0 amide bonds. The van der Waals surface area contributed by atoms with E-state index in [0.717, 1.165) is 12.8 Å². The van der Waals surface area contributed by atoms with Gasteiger partial charge in [-0.3, -0.25) is 0 Å². The molecule has 0 saturated carbocycles. The van der Waals surface area contributed by atoms with Crippen LogP contribution in [0.25, 0.3) is 0 Å². The maximum Gasteiger partial charge on any atom is 0.0902 e. The van der Waals surface area contributed by atoms with Crippen molar-refractivity contribution in [3.05, 3.63) is 37.3 Å². The summed E-state index contributed by atoms with van der Waals surface area (Å²) in [7, 11) is 0. The molecule has 1 aliphatic heterocycles. The van der Waals surface area contributed by atoms with E-state index in [9.17, 15) is 5.11 Å². The molecule has 2 atom stereocenters. The first kappa shape index (κ1) is 14.0. The van der Waals surface area contributed by atoms with Crippen LogP contribution in [0.15, 0.2) is 41.7 Å². The third-order valence-electron chi connectivity index (χ3n) is 2.96. The zero-order valence-corrected chi connectivity index (χ0v) is 10.8. The molecular weight excluding hydrogens is 216 g/mol. The molecule has 3 nitrogen and oxygen atoms in total. The molecule has 1 saturated heterocycles. The van der Waals surface area contributed by atoms with E-state index in [1.54, 1.807) is 26.4 Å². The predicted molar refractivity (Wildman–Crippen MR) is 67.7 cm³/mol. The average molecular weight is 238 g/mol. The lowest BCUT2D eigenvalue weighted by molar-refractivity contribution is -0.0997. The number of hydrogen-bond acceptors (Lipinski definition) is 3. The molecule has 2 heterocycles. The molecule has 1 fully saturated rings. The first-order valence-electron chi connectivity index (χ1n) is 5.88. The molecule has 1 aliphatic rings. The van der Waals surface area contributed by atoms with E-state index in [0.29, 0.717) is 0 Å². The van der Waals surface area contributed by atoms with Crippen molar-refractivity contribution in [2.45, 2.75) is 50.9 Å². The fourth-order valence-corrected chi connectivity index (χ4v) is 1.73. The quantitative estimate of drug-likeness (QED) is 0.805. The van der Waals surface area contributed by atoms with E-state index >= 15 is 0 Å². The highest BCUT2D eigenvalue weighted by Crippen LogP contribution is 2.35. The molecule has 1 N–H and O–H groups in total. The third kappa shape index (κ3) is 4.36. The molecule has 1 aromatic rings. The smallest absolute Gasteiger partial charge is 0.0902 e. The van der Waals surface area contributed by atoms with Gasteiger partial charge in [-0.1, -0.05) is 6.08 Å². The van der Waals surface area contributed by atoms with Crippen molar-refractivity contribution < 1.29 is 14.3 Å². The Balaban J connectivity index is 0.000000239. The number of ether oxygens (including phenoxy) is 1. The van der Waals surface area contributed by atoms with E-state index < -0.39 is 5.60 Å². The minimum atomic E-state index is -0.735. The van der Waals surface area contributed by atoms with E-state index in [4.69, 9.17) is 4.74 Å². The van der Waals surface area contributed by atoms with E-state index in [-0.39, 0.29) is 11.7 Å². The van der Waals surface area contributed by atoms with Crippen LogP contribution >= 0.6 is 0 Å². The van der Waals surface area contributed by atoms with Gasteiger partial charge in [0.05, 0.1) is 29.8 Å². The van der Waals surface area contributed by atoms with Crippen molar-refractivity contribution in [2.75, 3.05) is 0 Å². The van der Waals surface area contributed by atoms with Crippen LogP contribution in [0.1, 0.15) is 33.6 Å². The van der Waals surface area contributed by atoms with Gasteiger partial charge in [0.1, 0.15) is 0 Å². The van der Waals surface area contributed by atoms with Crippen molar-refractivity contribution >= 4 is 0 Å². The van der Waals surface area contributed by atoms with Crippen LogP contribution in [0.3, 0.4) is 0 Å². The normalized spacial score (nSPS) is 28.4. The molecule has 1 aromatic heterocycles. The van der Waals surface area contributed by atoms with E-state index in [1.165, 1.54) is 0 Å². The Morgan fingerprint density at radius 2 is 2.00 bits per heavy atom. The topological polar surface area (TPSA) is 42.6 Å². The summed E-state index contributed by atoms with van der Waals surface area (Å²) in [6.45, 7) is 9.30. The van der Waals surface area contributed by atoms with Gasteiger partial charge in [0.25, 0.3) is 0 Å². The predicted octanol–water partition coefficient (Wildman–Crippen LogP) is 3.16. The fraction of sp³-hybridized carbons (Fsp3) is 0.571. The Kier molecular flexibility index (Phi) is 4.54. The van der Waals surface area contributed by atoms with Gasteiger partial charge in [0, 0.05) is 0 Å². The molecule has 96 valence electrons. The largest absolute Gasteiger partial charge is 0.473 e. The third-order valence-corrected chi connectivity index (χ3v) is 2.96. The average Bonchev–Trinajstić information content (AvgIpc) is 2.88. The molecule has 0 bridgehead atoms. The van der Waals surface area contributed by atoms with Crippen LogP contribution in [0.2, 0.25) is 0 Å². The first-order chi connectivity index (χ1) is 7.87. The molecule has 17 heavy (non-hydrogen) atoms. The Hall–Kier alpha value is -1.06. The van der Waals surface area contributed by atoms with Gasteiger partial charge in [-0.25, -0.2) is 0 Å². The summed E-state index contributed by atoms with van der Waals surface area (Å²) in [4.78, 5) is 0. The Morgan fingerprint density at radius 3 is 2.24 bits per heavy atom. The second-order valence-corrected chi connectivity index (χ2v) is 5.11. The molecule has 0 spiro atoms. The zero-order valence-electron chi connectivity index (χ0n) is 10.8. The second kappa shape index (κ2) is 5.52. The Labute approximate surface area is 103 Å². The summed E-state index contributed by atoms with van der Waals surface area (Å²) in [6.07, 6.45) is 6.87. The van der Waals surface area contributed by atoms with Gasteiger partial charge >= 0.3 is 0 Å². The molecule has 0 aliphatic carbocycles. The molecule has 2 unspecified atom stereocenters. The monoisotopic (exact) mass is 238 g/mol. The van der Waals surface area contributed by atoms with Crippen LogP contribution < -0.4 is 0 Å². The lowest BCUT2D eigenvalue weighted by Gasteiger charge is -2.28. The lowest BCUT2D eigenvalue weighted by atomic mass is 9.97. The highest BCUT2D eigenvalue weighted by atomic mass is 16.5. The zero-order chi connectivity index (χ0) is 12.9. The number of aliphatic hydroxyl groups is 1. The molecule has 0 radical (unpaired) electrons. The van der Waals surface area contributed by atoms with Crippen LogP contribution in [0.5, 0.6) is 0 Å². The maximum absolute atomic E-state index is 9.69. The van der Waals surface area contributed by atoms with Crippen LogP contribution in [0, 0.1) is 0 Å². The first-order valence-corrected chi connectivity index (χ1v) is 5.88. The SMILES string of the molecule is C=CC1(C)CCC(C(C)(C)O)O1.c1ccoc1. The second-order valence-electron chi connectivity index (χ2n) is 5.11. The highest BCUT2D eigenvalue weighted by molar-refractivity contribution is 5.01. The number of rotatable bonds is 2. The standard InChI is InChI=1S/C10H18O2.C4H4O/c1-5-10(4)7-6-8(12-10)9(2,3)11;1-2-4-5-3-1/h5,8,11H,1,6-7H2,2-4H3;1-4H. The molecule has 2 rings (SSSR count). The summed E-state index contributed by atoms with van der Waals surface area (Å²) in [5.41, 5.74) is -0.967. The molecule has 0 aromatic carbocycles. The minimum absolute atomic E-state index is 0.0551. The van der Waals surface area contributed by atoms with Gasteiger partial charge in [-0.05, 0) is 45.7 Å². The van der Waals surface area contributed by atoms with Gasteiger partial charge in [0.2, 0.25) is 0 Å². The van der Waals surface area contributed by atoms with Crippen molar-refractivity contribution in [1.29, 1.82) is 0 Å². The summed E-state index contributed by atoms with van der Waals surface area (Å²) in [6, 6.07) is 3.67. The highest BCUT2D eigenvalue weighted by Gasteiger charge is 2.40. The Morgan fingerprint density at radius 1 is 1.41 bits per heavy atom. The van der Waals surface area contributed by atoms with E-state index in [1.807, 2.05) is 25.1 Å². The minimum Gasteiger partial charge on any atom is -0.473 e. The van der Waals surface area contributed by atoms with Gasteiger partial charge in [0.15, 0.2) is 0 Å². The van der Waals surface area contributed by atoms with Crippen molar-refractivity contribution in [3.8, 4) is 0 Å².